The van der Waals surface area contributed by atoms with Crippen molar-refractivity contribution in [3.63, 3.8) is 0 Å². The highest BCUT2D eigenvalue weighted by Crippen LogP contribution is 2.15. The third-order valence-corrected chi connectivity index (χ3v) is 2.29. The average Bonchev–Trinajstić information content (AvgIpc) is 2.29. The Morgan fingerprint density at radius 2 is 2.17 bits per heavy atom. The predicted molar refractivity (Wildman–Crippen MR) is 67.6 cm³/mol. The molecule has 3 nitrogen and oxygen atoms in total. The minimum atomic E-state index is -2.49. The molecule has 0 spiro atoms. The summed E-state index contributed by atoms with van der Waals surface area (Å²) in [5.74, 6) is -0.505. The van der Waals surface area contributed by atoms with Crippen molar-refractivity contribution in [1.82, 2.24) is 0 Å². The van der Waals surface area contributed by atoms with Crippen molar-refractivity contribution in [3.05, 3.63) is 29.6 Å². The van der Waals surface area contributed by atoms with E-state index in [9.17, 15) is 13.2 Å². The van der Waals surface area contributed by atoms with E-state index in [0.29, 0.717) is 5.56 Å². The Bertz CT molecular complexity index is 415. The quantitative estimate of drug-likeness (QED) is 0.592. The number of thiocarbonyl (C=S) groups is 1. The minimum absolute atomic E-state index is 0.0703. The summed E-state index contributed by atoms with van der Waals surface area (Å²) >= 11 is 4.71. The first-order valence-electron chi connectivity index (χ1n) is 5.20. The van der Waals surface area contributed by atoms with E-state index in [-0.39, 0.29) is 23.8 Å². The lowest BCUT2D eigenvalue weighted by atomic mass is 10.2. The van der Waals surface area contributed by atoms with Gasteiger partial charge >= 0.3 is 0 Å². The molecule has 0 radical (unpaired) electrons. The number of hydrogen-bond donors (Lipinski definition) is 2. The smallest absolute Gasteiger partial charge is 0.261 e. The molecule has 0 aliphatic carbocycles. The molecule has 100 valence electrons. The first-order chi connectivity index (χ1) is 8.50. The summed E-state index contributed by atoms with van der Waals surface area (Å²) in [6.07, 6.45) is -2.49. The van der Waals surface area contributed by atoms with Crippen LogP contribution in [0.25, 0.3) is 0 Å². The zero-order valence-corrected chi connectivity index (χ0v) is 10.3. The standard InChI is InChI=1S/C11H13F3N2OS/c12-8-5-7(11(15)18)1-2-9(8)16-3-4-17-6-10(13)14/h1-2,5,10,16H,3-4,6H2,(H2,15,18). The van der Waals surface area contributed by atoms with E-state index in [2.05, 4.69) is 10.1 Å². The van der Waals surface area contributed by atoms with Gasteiger partial charge in [0, 0.05) is 12.1 Å². The predicted octanol–water partition coefficient (Wildman–Crippen LogP) is 2.15. The third kappa shape index (κ3) is 4.89. The molecule has 0 aromatic heterocycles. The van der Waals surface area contributed by atoms with Gasteiger partial charge in [0.2, 0.25) is 0 Å². The first-order valence-corrected chi connectivity index (χ1v) is 5.60. The summed E-state index contributed by atoms with van der Waals surface area (Å²) in [6, 6.07) is 4.27. The maximum atomic E-state index is 13.5. The van der Waals surface area contributed by atoms with Crippen LogP contribution in [0.5, 0.6) is 0 Å². The van der Waals surface area contributed by atoms with Crippen LogP contribution in [0, 0.1) is 5.82 Å². The lowest BCUT2D eigenvalue weighted by Gasteiger charge is -2.09. The second-order valence-electron chi connectivity index (χ2n) is 3.45. The monoisotopic (exact) mass is 278 g/mol. The van der Waals surface area contributed by atoms with E-state index < -0.39 is 18.8 Å². The second kappa shape index (κ2) is 7.17. The molecule has 0 bridgehead atoms. The maximum absolute atomic E-state index is 13.5. The van der Waals surface area contributed by atoms with Crippen LogP contribution >= 0.6 is 12.2 Å². The van der Waals surface area contributed by atoms with Gasteiger partial charge in [-0.25, -0.2) is 13.2 Å². The van der Waals surface area contributed by atoms with Gasteiger partial charge in [-0.3, -0.25) is 0 Å². The highest BCUT2D eigenvalue weighted by atomic mass is 32.1. The normalized spacial score (nSPS) is 10.7. The Morgan fingerprint density at radius 1 is 1.44 bits per heavy atom. The highest BCUT2D eigenvalue weighted by Gasteiger charge is 2.05. The van der Waals surface area contributed by atoms with Crippen molar-refractivity contribution in [1.29, 1.82) is 0 Å². The summed E-state index contributed by atoms with van der Waals surface area (Å²) in [6.45, 7) is -0.318. The van der Waals surface area contributed by atoms with Gasteiger partial charge in [-0.15, -0.1) is 0 Å². The van der Waals surface area contributed by atoms with E-state index in [1.54, 1.807) is 6.07 Å². The van der Waals surface area contributed by atoms with Gasteiger partial charge in [-0.1, -0.05) is 12.2 Å². The molecule has 0 aliphatic rings. The molecular weight excluding hydrogens is 265 g/mol. The number of benzene rings is 1. The molecular formula is C11H13F3N2OS. The van der Waals surface area contributed by atoms with Gasteiger partial charge < -0.3 is 15.8 Å². The molecule has 0 saturated carbocycles. The SMILES string of the molecule is NC(=S)c1ccc(NCCOCC(F)F)c(F)c1. The fourth-order valence-corrected chi connectivity index (χ4v) is 1.37. The highest BCUT2D eigenvalue weighted by molar-refractivity contribution is 7.80. The number of nitrogens with two attached hydrogens (primary N) is 1. The molecule has 0 saturated heterocycles. The Morgan fingerprint density at radius 3 is 2.72 bits per heavy atom. The largest absolute Gasteiger partial charge is 0.389 e. The number of halogens is 3. The van der Waals surface area contributed by atoms with Crippen LogP contribution in [0.1, 0.15) is 5.56 Å². The Kier molecular flexibility index (Phi) is 5.87. The van der Waals surface area contributed by atoms with Crippen molar-refractivity contribution in [2.24, 2.45) is 5.73 Å². The lowest BCUT2D eigenvalue weighted by molar-refractivity contribution is 0.0215. The van der Waals surface area contributed by atoms with E-state index >= 15 is 0 Å². The van der Waals surface area contributed by atoms with Gasteiger partial charge in [-0.2, -0.15) is 0 Å². The molecule has 0 atom stereocenters. The van der Waals surface area contributed by atoms with Crippen LogP contribution < -0.4 is 11.1 Å². The van der Waals surface area contributed by atoms with Crippen LogP contribution in [-0.4, -0.2) is 31.2 Å². The van der Waals surface area contributed by atoms with E-state index in [4.69, 9.17) is 18.0 Å². The minimum Gasteiger partial charge on any atom is -0.389 e. The summed E-state index contributed by atoms with van der Waals surface area (Å²) < 4.78 is 41.6. The zero-order valence-electron chi connectivity index (χ0n) is 9.46. The maximum Gasteiger partial charge on any atom is 0.261 e. The topological polar surface area (TPSA) is 47.3 Å². The number of alkyl halides is 2. The molecule has 1 aromatic rings. The van der Waals surface area contributed by atoms with E-state index in [0.717, 1.165) is 0 Å². The average molecular weight is 278 g/mol. The van der Waals surface area contributed by atoms with Crippen LogP contribution in [-0.2, 0) is 4.74 Å². The molecule has 0 fully saturated rings. The Hall–Kier alpha value is -1.34. The summed E-state index contributed by atoms with van der Waals surface area (Å²) in [5.41, 5.74) is 6.03. The molecule has 1 aromatic carbocycles. The van der Waals surface area contributed by atoms with E-state index in [1.165, 1.54) is 12.1 Å². The lowest BCUT2D eigenvalue weighted by Crippen LogP contribution is -2.14. The molecule has 7 heteroatoms. The van der Waals surface area contributed by atoms with Crippen LogP contribution in [0.15, 0.2) is 18.2 Å². The van der Waals surface area contributed by atoms with E-state index in [1.807, 2.05) is 0 Å². The van der Waals surface area contributed by atoms with Gasteiger partial charge in [0.1, 0.15) is 17.4 Å². The molecule has 18 heavy (non-hydrogen) atoms. The number of ether oxygens (including phenoxy) is 1. The van der Waals surface area contributed by atoms with Gasteiger partial charge in [0.15, 0.2) is 0 Å². The number of nitrogens with one attached hydrogen (secondary N) is 1. The molecule has 0 unspecified atom stereocenters. The molecule has 3 N–H and O–H groups in total. The number of anilines is 1. The second-order valence-corrected chi connectivity index (χ2v) is 3.89. The molecule has 0 amide bonds. The number of hydrogen-bond acceptors (Lipinski definition) is 3. The van der Waals surface area contributed by atoms with Gasteiger partial charge in [0.25, 0.3) is 6.43 Å². The van der Waals surface area contributed by atoms with Crippen LogP contribution in [0.2, 0.25) is 0 Å². The zero-order chi connectivity index (χ0) is 13.5. The van der Waals surface area contributed by atoms with Gasteiger partial charge in [-0.05, 0) is 18.2 Å². The third-order valence-electron chi connectivity index (χ3n) is 2.06. The first kappa shape index (κ1) is 14.7. The van der Waals surface area contributed by atoms with Crippen molar-refractivity contribution < 1.29 is 17.9 Å². The van der Waals surface area contributed by atoms with Crippen molar-refractivity contribution in [2.75, 3.05) is 25.1 Å². The van der Waals surface area contributed by atoms with Crippen molar-refractivity contribution in [3.8, 4) is 0 Å². The van der Waals surface area contributed by atoms with Gasteiger partial charge in [0.05, 0.1) is 12.3 Å². The number of rotatable bonds is 7. The summed E-state index contributed by atoms with van der Waals surface area (Å²) in [7, 11) is 0. The van der Waals surface area contributed by atoms with Crippen molar-refractivity contribution in [2.45, 2.75) is 6.43 Å². The molecule has 0 aliphatic heterocycles. The Labute approximate surface area is 108 Å². The van der Waals surface area contributed by atoms with Crippen molar-refractivity contribution >= 4 is 22.9 Å². The molecule has 0 heterocycles. The Balaban J connectivity index is 2.41. The summed E-state index contributed by atoms with van der Waals surface area (Å²) in [4.78, 5) is 0.112. The molecule has 1 rings (SSSR count). The fraction of sp³-hybridized carbons (Fsp3) is 0.364. The fourth-order valence-electron chi connectivity index (χ4n) is 1.24. The summed E-state index contributed by atoms with van der Waals surface area (Å²) in [5, 5.41) is 2.72. The van der Waals surface area contributed by atoms with Crippen LogP contribution in [0.4, 0.5) is 18.9 Å². The van der Waals surface area contributed by atoms with Crippen LogP contribution in [0.3, 0.4) is 0 Å².